The standard InChI is InChI=1S/C18H22F3N5O3/c1-12(25-4-6-28-7-5-25)2-3-26-10-14(24-16(26)11-27)13-8-15(17(22)23-9-13)29-18(19,20)21/h8-10,27H,1-7,11H2,(H2,22,23). The van der Waals surface area contributed by atoms with Crippen LogP contribution in [0.3, 0.4) is 0 Å². The fourth-order valence-corrected chi connectivity index (χ4v) is 3.00. The Labute approximate surface area is 165 Å². The summed E-state index contributed by atoms with van der Waals surface area (Å²) < 4.78 is 48.6. The highest BCUT2D eigenvalue weighted by Crippen LogP contribution is 2.31. The van der Waals surface area contributed by atoms with Gasteiger partial charge in [-0.15, -0.1) is 13.2 Å². The van der Waals surface area contributed by atoms with Crippen molar-refractivity contribution in [3.05, 3.63) is 36.6 Å². The Morgan fingerprint density at radius 3 is 2.72 bits per heavy atom. The topological polar surface area (TPSA) is 98.7 Å². The van der Waals surface area contributed by atoms with Gasteiger partial charge in [0.25, 0.3) is 0 Å². The van der Waals surface area contributed by atoms with Gasteiger partial charge < -0.3 is 29.8 Å². The molecule has 11 heteroatoms. The van der Waals surface area contributed by atoms with E-state index in [0.717, 1.165) is 24.9 Å². The van der Waals surface area contributed by atoms with Gasteiger partial charge in [-0.3, -0.25) is 0 Å². The second kappa shape index (κ2) is 8.70. The third-order valence-electron chi connectivity index (χ3n) is 4.50. The summed E-state index contributed by atoms with van der Waals surface area (Å²) >= 11 is 0. The lowest BCUT2D eigenvalue weighted by molar-refractivity contribution is -0.274. The predicted octanol–water partition coefficient (Wildman–Crippen LogP) is 2.15. The molecule has 3 heterocycles. The van der Waals surface area contributed by atoms with Gasteiger partial charge in [0.15, 0.2) is 11.6 Å². The number of aliphatic hydroxyl groups is 1. The Hall–Kier alpha value is -2.79. The summed E-state index contributed by atoms with van der Waals surface area (Å²) in [5.74, 6) is -0.601. The summed E-state index contributed by atoms with van der Waals surface area (Å²) in [5, 5.41) is 9.60. The van der Waals surface area contributed by atoms with E-state index >= 15 is 0 Å². The molecule has 0 saturated carbocycles. The Morgan fingerprint density at radius 2 is 2.07 bits per heavy atom. The molecule has 29 heavy (non-hydrogen) atoms. The van der Waals surface area contributed by atoms with E-state index in [2.05, 4.69) is 26.2 Å². The lowest BCUT2D eigenvalue weighted by Gasteiger charge is -2.30. The fraction of sp³-hybridized carbons (Fsp3) is 0.444. The summed E-state index contributed by atoms with van der Waals surface area (Å²) in [6, 6.07) is 1.12. The zero-order valence-corrected chi connectivity index (χ0v) is 15.7. The molecule has 1 fully saturated rings. The maximum absolute atomic E-state index is 12.5. The minimum absolute atomic E-state index is 0.291. The SMILES string of the molecule is C=C(CCn1cc(-c2cnc(N)c(OC(F)(F)F)c2)nc1CO)N1CCOCC1. The number of hydrogen-bond acceptors (Lipinski definition) is 7. The molecule has 1 aliphatic heterocycles. The van der Waals surface area contributed by atoms with Crippen LogP contribution in [0.4, 0.5) is 19.0 Å². The van der Waals surface area contributed by atoms with E-state index in [1.54, 1.807) is 10.8 Å². The van der Waals surface area contributed by atoms with Crippen LogP contribution in [-0.4, -0.2) is 57.2 Å². The Morgan fingerprint density at radius 1 is 1.34 bits per heavy atom. The van der Waals surface area contributed by atoms with Gasteiger partial charge in [0.1, 0.15) is 12.4 Å². The molecule has 1 aliphatic rings. The van der Waals surface area contributed by atoms with Gasteiger partial charge in [0, 0.05) is 49.7 Å². The van der Waals surface area contributed by atoms with Gasteiger partial charge in [-0.2, -0.15) is 0 Å². The number of allylic oxidation sites excluding steroid dienone is 1. The maximum Gasteiger partial charge on any atom is 0.573 e. The van der Waals surface area contributed by atoms with Gasteiger partial charge in [-0.25, -0.2) is 9.97 Å². The number of aliphatic hydroxyl groups excluding tert-OH is 1. The number of anilines is 1. The minimum Gasteiger partial charge on any atom is -0.402 e. The second-order valence-corrected chi connectivity index (χ2v) is 6.46. The average Bonchev–Trinajstić information content (AvgIpc) is 3.10. The highest BCUT2D eigenvalue weighted by Gasteiger charge is 2.32. The number of nitrogen functional groups attached to an aromatic ring is 1. The molecule has 0 amide bonds. The molecule has 2 aromatic rings. The number of aromatic nitrogens is 3. The normalized spacial score (nSPS) is 14.8. The van der Waals surface area contributed by atoms with Crippen molar-refractivity contribution in [1.29, 1.82) is 0 Å². The maximum atomic E-state index is 12.5. The van der Waals surface area contributed by atoms with Crippen LogP contribution in [0.15, 0.2) is 30.7 Å². The predicted molar refractivity (Wildman–Crippen MR) is 98.6 cm³/mol. The van der Waals surface area contributed by atoms with E-state index < -0.39 is 12.1 Å². The molecule has 158 valence electrons. The van der Waals surface area contributed by atoms with Crippen molar-refractivity contribution in [3.63, 3.8) is 0 Å². The van der Waals surface area contributed by atoms with Crippen LogP contribution < -0.4 is 10.5 Å². The number of halogens is 3. The minimum atomic E-state index is -4.89. The summed E-state index contributed by atoms with van der Waals surface area (Å²) in [6.45, 7) is 7.15. The van der Waals surface area contributed by atoms with E-state index in [4.69, 9.17) is 10.5 Å². The summed E-state index contributed by atoms with van der Waals surface area (Å²) in [6.07, 6.45) is -1.31. The number of hydrogen-bond donors (Lipinski definition) is 2. The number of pyridine rings is 1. The smallest absolute Gasteiger partial charge is 0.402 e. The molecule has 0 bridgehead atoms. The van der Waals surface area contributed by atoms with Crippen molar-refractivity contribution in [2.24, 2.45) is 0 Å². The molecular weight excluding hydrogens is 391 g/mol. The van der Waals surface area contributed by atoms with Gasteiger partial charge in [0.2, 0.25) is 0 Å². The first-order chi connectivity index (χ1) is 13.8. The zero-order chi connectivity index (χ0) is 21.0. The van der Waals surface area contributed by atoms with Crippen molar-refractivity contribution in [2.45, 2.75) is 25.9 Å². The van der Waals surface area contributed by atoms with Crippen LogP contribution in [0.5, 0.6) is 5.75 Å². The molecule has 0 aliphatic carbocycles. The summed E-state index contributed by atoms with van der Waals surface area (Å²) in [4.78, 5) is 10.2. The molecule has 8 nitrogen and oxygen atoms in total. The summed E-state index contributed by atoms with van der Waals surface area (Å²) in [7, 11) is 0. The Kier molecular flexibility index (Phi) is 6.28. The largest absolute Gasteiger partial charge is 0.573 e. The van der Waals surface area contributed by atoms with E-state index in [0.29, 0.717) is 43.3 Å². The van der Waals surface area contributed by atoms with Crippen molar-refractivity contribution >= 4 is 5.82 Å². The second-order valence-electron chi connectivity index (χ2n) is 6.46. The Balaban J connectivity index is 1.75. The molecule has 0 radical (unpaired) electrons. The van der Waals surface area contributed by atoms with Crippen LogP contribution in [0, 0.1) is 0 Å². The highest BCUT2D eigenvalue weighted by atomic mass is 19.4. The number of morpholine rings is 1. The zero-order valence-electron chi connectivity index (χ0n) is 15.7. The molecule has 3 N–H and O–H groups in total. The summed E-state index contributed by atoms with van der Waals surface area (Å²) in [5.41, 5.74) is 7.05. The first-order valence-electron chi connectivity index (χ1n) is 8.96. The van der Waals surface area contributed by atoms with Gasteiger partial charge in [-0.05, 0) is 6.07 Å². The molecule has 1 saturated heterocycles. The van der Waals surface area contributed by atoms with Gasteiger partial charge in [0.05, 0.1) is 18.9 Å². The number of alkyl halides is 3. The van der Waals surface area contributed by atoms with Crippen molar-refractivity contribution in [1.82, 2.24) is 19.4 Å². The van der Waals surface area contributed by atoms with Crippen LogP contribution >= 0.6 is 0 Å². The van der Waals surface area contributed by atoms with Crippen molar-refractivity contribution in [3.8, 4) is 17.0 Å². The van der Waals surface area contributed by atoms with Crippen molar-refractivity contribution < 1.29 is 27.8 Å². The van der Waals surface area contributed by atoms with E-state index in [1.807, 2.05) is 0 Å². The number of nitrogens with zero attached hydrogens (tertiary/aromatic N) is 4. The molecule has 0 atom stereocenters. The lowest BCUT2D eigenvalue weighted by atomic mass is 10.2. The van der Waals surface area contributed by atoms with Crippen LogP contribution in [0.25, 0.3) is 11.3 Å². The Bertz CT molecular complexity index is 863. The molecule has 3 rings (SSSR count). The first kappa shape index (κ1) is 20.9. The molecule has 0 spiro atoms. The van der Waals surface area contributed by atoms with Crippen LogP contribution in [0.2, 0.25) is 0 Å². The van der Waals surface area contributed by atoms with Crippen LogP contribution in [-0.2, 0) is 17.9 Å². The van der Waals surface area contributed by atoms with E-state index in [1.165, 1.54) is 6.20 Å². The number of nitrogens with two attached hydrogens (primary N) is 1. The average molecular weight is 413 g/mol. The first-order valence-corrected chi connectivity index (χ1v) is 8.96. The van der Waals surface area contributed by atoms with E-state index in [-0.39, 0.29) is 12.4 Å². The molecule has 0 aromatic carbocycles. The van der Waals surface area contributed by atoms with Crippen LogP contribution in [0.1, 0.15) is 12.2 Å². The molecule has 2 aromatic heterocycles. The number of imidazole rings is 1. The highest BCUT2D eigenvalue weighted by molar-refractivity contribution is 5.63. The quantitative estimate of drug-likeness (QED) is 0.718. The van der Waals surface area contributed by atoms with E-state index in [9.17, 15) is 18.3 Å². The van der Waals surface area contributed by atoms with Gasteiger partial charge >= 0.3 is 6.36 Å². The third kappa shape index (κ3) is 5.39. The third-order valence-corrected chi connectivity index (χ3v) is 4.50. The van der Waals surface area contributed by atoms with Gasteiger partial charge in [-0.1, -0.05) is 6.58 Å². The fourth-order valence-electron chi connectivity index (χ4n) is 3.00. The number of rotatable bonds is 7. The monoisotopic (exact) mass is 413 g/mol. The molecule has 0 unspecified atom stereocenters. The molecular formula is C18H22F3N5O3. The van der Waals surface area contributed by atoms with Crippen molar-refractivity contribution in [2.75, 3.05) is 32.0 Å². The lowest BCUT2D eigenvalue weighted by Crippen LogP contribution is -2.35. The number of aryl methyl sites for hydroxylation is 1. The number of ether oxygens (including phenoxy) is 2.